The Morgan fingerprint density at radius 1 is 1.04 bits per heavy atom. The third kappa shape index (κ3) is 4.39. The molecule has 27 heavy (non-hydrogen) atoms. The topological polar surface area (TPSA) is 67.9 Å². The molecule has 6 heteroatoms. The maximum atomic E-state index is 12.7. The van der Waals surface area contributed by atoms with Crippen molar-refractivity contribution >= 4 is 17.5 Å². The SMILES string of the molecule is COc1cc2c(cc1OC)CN(C(=O)Cc1ccc(NC(C)=O)cc1)CC2. The Hall–Kier alpha value is -3.02. The number of hydrogen-bond donors (Lipinski definition) is 1. The summed E-state index contributed by atoms with van der Waals surface area (Å²) in [5, 5.41) is 2.72. The first-order valence-corrected chi connectivity index (χ1v) is 8.88. The van der Waals surface area contributed by atoms with Crippen molar-refractivity contribution in [3.05, 3.63) is 53.1 Å². The van der Waals surface area contributed by atoms with Gasteiger partial charge in [-0.25, -0.2) is 0 Å². The number of fused-ring (bicyclic) bond motifs is 1. The van der Waals surface area contributed by atoms with Gasteiger partial charge in [0.1, 0.15) is 0 Å². The second-order valence-electron chi connectivity index (χ2n) is 6.60. The molecule has 0 radical (unpaired) electrons. The van der Waals surface area contributed by atoms with E-state index in [-0.39, 0.29) is 11.8 Å². The fourth-order valence-corrected chi connectivity index (χ4v) is 3.29. The van der Waals surface area contributed by atoms with E-state index in [2.05, 4.69) is 5.32 Å². The third-order valence-electron chi connectivity index (χ3n) is 4.70. The Balaban J connectivity index is 1.67. The van der Waals surface area contributed by atoms with Crippen molar-refractivity contribution in [2.24, 2.45) is 0 Å². The van der Waals surface area contributed by atoms with E-state index in [1.54, 1.807) is 14.2 Å². The highest BCUT2D eigenvalue weighted by Gasteiger charge is 2.22. The van der Waals surface area contributed by atoms with Crippen LogP contribution in [0.5, 0.6) is 11.5 Å². The zero-order valence-corrected chi connectivity index (χ0v) is 15.9. The summed E-state index contributed by atoms with van der Waals surface area (Å²) >= 11 is 0. The number of nitrogens with one attached hydrogen (secondary N) is 1. The predicted molar refractivity (Wildman–Crippen MR) is 103 cm³/mol. The van der Waals surface area contributed by atoms with Gasteiger partial charge in [-0.15, -0.1) is 0 Å². The van der Waals surface area contributed by atoms with E-state index in [9.17, 15) is 9.59 Å². The van der Waals surface area contributed by atoms with Crippen molar-refractivity contribution in [2.75, 3.05) is 26.1 Å². The summed E-state index contributed by atoms with van der Waals surface area (Å²) < 4.78 is 10.7. The number of carbonyl (C=O) groups excluding carboxylic acids is 2. The molecule has 2 aromatic carbocycles. The maximum absolute atomic E-state index is 12.7. The van der Waals surface area contributed by atoms with Crippen LogP contribution in [0.4, 0.5) is 5.69 Å². The number of hydrogen-bond acceptors (Lipinski definition) is 4. The van der Waals surface area contributed by atoms with Crippen LogP contribution in [-0.4, -0.2) is 37.5 Å². The van der Waals surface area contributed by atoms with Gasteiger partial charge >= 0.3 is 0 Å². The average molecular weight is 368 g/mol. The van der Waals surface area contributed by atoms with Crippen molar-refractivity contribution in [3.8, 4) is 11.5 Å². The zero-order valence-electron chi connectivity index (χ0n) is 15.9. The summed E-state index contributed by atoms with van der Waals surface area (Å²) in [4.78, 5) is 25.7. The van der Waals surface area contributed by atoms with Gasteiger partial charge in [-0.1, -0.05) is 12.1 Å². The van der Waals surface area contributed by atoms with E-state index in [1.165, 1.54) is 12.5 Å². The molecular formula is C21H24N2O4. The number of nitrogens with zero attached hydrogens (tertiary/aromatic N) is 1. The Bertz CT molecular complexity index is 846. The molecule has 0 aliphatic carbocycles. The van der Waals surface area contributed by atoms with Gasteiger partial charge < -0.3 is 19.7 Å². The smallest absolute Gasteiger partial charge is 0.227 e. The van der Waals surface area contributed by atoms with E-state index in [4.69, 9.17) is 9.47 Å². The van der Waals surface area contributed by atoms with Crippen molar-refractivity contribution < 1.29 is 19.1 Å². The van der Waals surface area contributed by atoms with E-state index >= 15 is 0 Å². The molecule has 0 saturated heterocycles. The first-order chi connectivity index (χ1) is 13.0. The second-order valence-corrected chi connectivity index (χ2v) is 6.60. The monoisotopic (exact) mass is 368 g/mol. The van der Waals surface area contributed by atoms with Crippen LogP contribution < -0.4 is 14.8 Å². The van der Waals surface area contributed by atoms with Gasteiger partial charge in [-0.3, -0.25) is 9.59 Å². The van der Waals surface area contributed by atoms with E-state index in [0.29, 0.717) is 25.3 Å². The number of methoxy groups -OCH3 is 2. The molecule has 0 fully saturated rings. The molecule has 1 heterocycles. The predicted octanol–water partition coefficient (Wildman–Crippen LogP) is 2.79. The number of amides is 2. The minimum absolute atomic E-state index is 0.0858. The minimum Gasteiger partial charge on any atom is -0.493 e. The summed E-state index contributed by atoms with van der Waals surface area (Å²) in [7, 11) is 3.24. The highest BCUT2D eigenvalue weighted by molar-refractivity contribution is 5.88. The zero-order chi connectivity index (χ0) is 19.4. The Kier molecular flexibility index (Phi) is 5.64. The summed E-state index contributed by atoms with van der Waals surface area (Å²) in [6.07, 6.45) is 1.13. The number of carbonyl (C=O) groups is 2. The second kappa shape index (κ2) is 8.12. The molecule has 2 amide bonds. The van der Waals surface area contributed by atoms with Gasteiger partial charge in [0.25, 0.3) is 0 Å². The van der Waals surface area contributed by atoms with Crippen LogP contribution >= 0.6 is 0 Å². The fourth-order valence-electron chi connectivity index (χ4n) is 3.29. The molecule has 0 bridgehead atoms. The molecule has 0 saturated carbocycles. The van der Waals surface area contributed by atoms with Crippen LogP contribution in [0.25, 0.3) is 0 Å². The van der Waals surface area contributed by atoms with Crippen molar-refractivity contribution in [1.82, 2.24) is 4.90 Å². The van der Waals surface area contributed by atoms with Crippen LogP contribution in [0.2, 0.25) is 0 Å². The highest BCUT2D eigenvalue weighted by atomic mass is 16.5. The highest BCUT2D eigenvalue weighted by Crippen LogP contribution is 2.33. The molecule has 0 atom stereocenters. The minimum atomic E-state index is -0.113. The molecule has 142 valence electrons. The first-order valence-electron chi connectivity index (χ1n) is 8.88. The first kappa shape index (κ1) is 18.8. The lowest BCUT2D eigenvalue weighted by Crippen LogP contribution is -2.36. The van der Waals surface area contributed by atoms with Crippen LogP contribution in [-0.2, 0) is 29.0 Å². The Morgan fingerprint density at radius 3 is 2.26 bits per heavy atom. The van der Waals surface area contributed by atoms with Gasteiger partial charge in [0.15, 0.2) is 11.5 Å². The number of rotatable bonds is 5. The molecule has 2 aromatic rings. The van der Waals surface area contributed by atoms with Crippen molar-refractivity contribution in [1.29, 1.82) is 0 Å². The van der Waals surface area contributed by atoms with Gasteiger partial charge in [0.2, 0.25) is 11.8 Å². The molecule has 0 spiro atoms. The van der Waals surface area contributed by atoms with E-state index < -0.39 is 0 Å². The van der Waals surface area contributed by atoms with Crippen LogP contribution in [0.3, 0.4) is 0 Å². The fraction of sp³-hybridized carbons (Fsp3) is 0.333. The Labute approximate surface area is 159 Å². The van der Waals surface area contributed by atoms with E-state index in [0.717, 1.165) is 29.0 Å². The molecule has 0 aromatic heterocycles. The summed E-state index contributed by atoms with van der Waals surface area (Å²) in [5.41, 5.74) is 3.93. The van der Waals surface area contributed by atoms with E-state index in [1.807, 2.05) is 41.3 Å². The van der Waals surface area contributed by atoms with Gasteiger partial charge in [0, 0.05) is 25.7 Å². The number of anilines is 1. The number of ether oxygens (including phenoxy) is 2. The lowest BCUT2D eigenvalue weighted by atomic mass is 9.98. The molecule has 6 nitrogen and oxygen atoms in total. The lowest BCUT2D eigenvalue weighted by molar-refractivity contribution is -0.131. The van der Waals surface area contributed by atoms with Crippen LogP contribution in [0.15, 0.2) is 36.4 Å². The third-order valence-corrected chi connectivity index (χ3v) is 4.70. The standard InChI is InChI=1S/C21H24N2O4/c1-14(24)22-18-6-4-15(5-7-18)10-21(25)23-9-8-16-11-19(26-2)20(27-3)12-17(16)13-23/h4-7,11-12H,8-10,13H2,1-3H3,(H,22,24). The normalized spacial score (nSPS) is 12.9. The van der Waals surface area contributed by atoms with Crippen molar-refractivity contribution in [2.45, 2.75) is 26.3 Å². The van der Waals surface area contributed by atoms with Gasteiger partial charge in [0.05, 0.1) is 20.6 Å². The average Bonchev–Trinajstić information content (AvgIpc) is 2.67. The molecule has 1 aliphatic rings. The Morgan fingerprint density at radius 2 is 1.67 bits per heavy atom. The van der Waals surface area contributed by atoms with Gasteiger partial charge in [-0.2, -0.15) is 0 Å². The largest absolute Gasteiger partial charge is 0.493 e. The molecule has 0 unspecified atom stereocenters. The summed E-state index contributed by atoms with van der Waals surface area (Å²) in [6, 6.07) is 11.3. The maximum Gasteiger partial charge on any atom is 0.227 e. The molecule has 3 rings (SSSR count). The lowest BCUT2D eigenvalue weighted by Gasteiger charge is -2.29. The molecular weight excluding hydrogens is 344 g/mol. The van der Waals surface area contributed by atoms with Crippen LogP contribution in [0, 0.1) is 0 Å². The quantitative estimate of drug-likeness (QED) is 0.881. The van der Waals surface area contributed by atoms with Crippen molar-refractivity contribution in [3.63, 3.8) is 0 Å². The summed E-state index contributed by atoms with van der Waals surface area (Å²) in [6.45, 7) is 2.72. The van der Waals surface area contributed by atoms with Gasteiger partial charge in [-0.05, 0) is 47.4 Å². The van der Waals surface area contributed by atoms with Crippen LogP contribution in [0.1, 0.15) is 23.6 Å². The number of benzene rings is 2. The summed E-state index contributed by atoms with van der Waals surface area (Å²) in [5.74, 6) is 1.37. The molecule has 1 N–H and O–H groups in total. The molecule has 1 aliphatic heterocycles.